The number of fused-ring (bicyclic) bond motifs is 1. The van der Waals surface area contributed by atoms with E-state index in [4.69, 9.17) is 9.72 Å². The van der Waals surface area contributed by atoms with Crippen molar-refractivity contribution in [3.8, 4) is 5.75 Å². The first kappa shape index (κ1) is 19.5. The summed E-state index contributed by atoms with van der Waals surface area (Å²) < 4.78 is 8.43. The minimum absolute atomic E-state index is 0.510. The molecule has 0 radical (unpaired) electrons. The fraction of sp³-hybridized carbons (Fsp3) is 0.458. The molecule has 2 aromatic carbocycles. The maximum atomic E-state index is 6.08. The van der Waals surface area contributed by atoms with Crippen LogP contribution in [-0.2, 0) is 13.2 Å². The van der Waals surface area contributed by atoms with Crippen LogP contribution in [0.3, 0.4) is 0 Å². The third-order valence-corrected chi connectivity index (χ3v) is 5.17. The number of ether oxygens (including phenoxy) is 1. The highest BCUT2D eigenvalue weighted by Gasteiger charge is 2.11. The zero-order valence-corrected chi connectivity index (χ0v) is 16.8. The van der Waals surface area contributed by atoms with E-state index in [2.05, 4.69) is 48.7 Å². The Morgan fingerprint density at radius 1 is 0.852 bits per heavy atom. The molecule has 0 fully saturated rings. The molecule has 3 heteroatoms. The summed E-state index contributed by atoms with van der Waals surface area (Å²) in [5.74, 6) is 1.96. The fourth-order valence-corrected chi connectivity index (χ4v) is 3.57. The third-order valence-electron chi connectivity index (χ3n) is 5.17. The summed E-state index contributed by atoms with van der Waals surface area (Å²) in [4.78, 5) is 4.83. The van der Waals surface area contributed by atoms with Gasteiger partial charge in [0, 0.05) is 6.54 Å². The second-order valence-electron chi connectivity index (χ2n) is 7.34. The molecule has 144 valence electrons. The lowest BCUT2D eigenvalue weighted by Crippen LogP contribution is -2.08. The highest BCUT2D eigenvalue weighted by Crippen LogP contribution is 2.21. The van der Waals surface area contributed by atoms with E-state index in [0.29, 0.717) is 6.61 Å². The molecule has 0 bridgehead atoms. The molecule has 1 aromatic heterocycles. The van der Waals surface area contributed by atoms with Gasteiger partial charge in [0.15, 0.2) is 0 Å². The predicted molar refractivity (Wildman–Crippen MR) is 113 cm³/mol. The molecule has 0 amide bonds. The van der Waals surface area contributed by atoms with E-state index in [1.165, 1.54) is 50.5 Å². The van der Waals surface area contributed by atoms with Crippen molar-refractivity contribution in [2.24, 2.45) is 0 Å². The highest BCUT2D eigenvalue weighted by molar-refractivity contribution is 5.75. The number of aryl methyl sites for hydroxylation is 2. The van der Waals surface area contributed by atoms with Gasteiger partial charge >= 0.3 is 0 Å². The van der Waals surface area contributed by atoms with Crippen LogP contribution >= 0.6 is 0 Å². The van der Waals surface area contributed by atoms with Crippen LogP contribution in [0, 0.1) is 6.92 Å². The van der Waals surface area contributed by atoms with Crippen molar-refractivity contribution in [2.45, 2.75) is 71.9 Å². The van der Waals surface area contributed by atoms with Crippen molar-refractivity contribution in [3.63, 3.8) is 0 Å². The number of rotatable bonds is 11. The van der Waals surface area contributed by atoms with Gasteiger partial charge in [0.25, 0.3) is 0 Å². The standard InChI is InChI=1S/C24H32N2O/c1-3-4-5-6-7-8-13-18-26-22-16-11-10-15-21(22)25-24(26)19-27-23-17-12-9-14-20(23)2/h9-12,14-17H,3-8,13,18-19H2,1-2H3. The maximum Gasteiger partial charge on any atom is 0.147 e. The molecule has 1 heterocycles. The van der Waals surface area contributed by atoms with E-state index in [0.717, 1.165) is 29.2 Å². The number of para-hydroxylation sites is 3. The Morgan fingerprint density at radius 2 is 1.56 bits per heavy atom. The van der Waals surface area contributed by atoms with Crippen molar-refractivity contribution < 1.29 is 4.74 Å². The molecule has 27 heavy (non-hydrogen) atoms. The van der Waals surface area contributed by atoms with Gasteiger partial charge in [0.05, 0.1) is 11.0 Å². The van der Waals surface area contributed by atoms with E-state index in [-0.39, 0.29) is 0 Å². The van der Waals surface area contributed by atoms with E-state index < -0.39 is 0 Å². The number of nitrogens with zero attached hydrogens (tertiary/aromatic N) is 2. The zero-order valence-electron chi connectivity index (χ0n) is 16.8. The van der Waals surface area contributed by atoms with Crippen LogP contribution in [0.1, 0.15) is 63.3 Å². The average Bonchev–Trinajstić information content (AvgIpc) is 3.04. The van der Waals surface area contributed by atoms with Crippen LogP contribution in [0.5, 0.6) is 5.75 Å². The zero-order chi connectivity index (χ0) is 18.9. The molecule has 0 unspecified atom stereocenters. The van der Waals surface area contributed by atoms with Crippen molar-refractivity contribution in [1.29, 1.82) is 0 Å². The van der Waals surface area contributed by atoms with Gasteiger partial charge in [0.1, 0.15) is 18.2 Å². The number of benzene rings is 2. The molecule has 0 saturated carbocycles. The summed E-state index contributed by atoms with van der Waals surface area (Å²) in [5, 5.41) is 0. The van der Waals surface area contributed by atoms with Crippen molar-refractivity contribution in [1.82, 2.24) is 9.55 Å². The highest BCUT2D eigenvalue weighted by atomic mass is 16.5. The van der Waals surface area contributed by atoms with Gasteiger partial charge in [-0.1, -0.05) is 75.8 Å². The van der Waals surface area contributed by atoms with Crippen LogP contribution in [0.25, 0.3) is 11.0 Å². The molecule has 0 spiro atoms. The van der Waals surface area contributed by atoms with Gasteiger partial charge in [0.2, 0.25) is 0 Å². The largest absolute Gasteiger partial charge is 0.485 e. The number of unbranched alkanes of at least 4 members (excludes halogenated alkanes) is 6. The predicted octanol–water partition coefficient (Wildman–Crippen LogP) is 6.67. The van der Waals surface area contributed by atoms with E-state index in [1.807, 2.05) is 18.2 Å². The van der Waals surface area contributed by atoms with Crippen LogP contribution in [0.4, 0.5) is 0 Å². The van der Waals surface area contributed by atoms with E-state index in [9.17, 15) is 0 Å². The van der Waals surface area contributed by atoms with Gasteiger partial charge in [-0.25, -0.2) is 4.98 Å². The lowest BCUT2D eigenvalue weighted by Gasteiger charge is -2.12. The summed E-state index contributed by atoms with van der Waals surface area (Å²) >= 11 is 0. The van der Waals surface area contributed by atoms with Gasteiger partial charge < -0.3 is 9.30 Å². The molecular formula is C24H32N2O. The van der Waals surface area contributed by atoms with Crippen LogP contribution in [0.15, 0.2) is 48.5 Å². The van der Waals surface area contributed by atoms with Crippen molar-refractivity contribution in [3.05, 3.63) is 59.9 Å². The number of hydrogen-bond donors (Lipinski definition) is 0. The number of hydrogen-bond acceptors (Lipinski definition) is 2. The normalized spacial score (nSPS) is 11.2. The van der Waals surface area contributed by atoms with Gasteiger partial charge in [-0.2, -0.15) is 0 Å². The molecule has 3 aromatic rings. The molecule has 0 aliphatic heterocycles. The number of imidazole rings is 1. The summed E-state index contributed by atoms with van der Waals surface area (Å²) in [5.41, 5.74) is 3.43. The van der Waals surface area contributed by atoms with Crippen LogP contribution in [0.2, 0.25) is 0 Å². The van der Waals surface area contributed by atoms with E-state index in [1.54, 1.807) is 0 Å². The molecule has 0 atom stereocenters. The second-order valence-corrected chi connectivity index (χ2v) is 7.34. The van der Waals surface area contributed by atoms with Gasteiger partial charge in [-0.3, -0.25) is 0 Å². The molecular weight excluding hydrogens is 332 g/mol. The Balaban J connectivity index is 1.64. The monoisotopic (exact) mass is 364 g/mol. The average molecular weight is 365 g/mol. The Hall–Kier alpha value is -2.29. The summed E-state index contributed by atoms with van der Waals surface area (Å²) in [6.45, 7) is 5.87. The SMILES string of the molecule is CCCCCCCCCn1c(COc2ccccc2C)nc2ccccc21. The lowest BCUT2D eigenvalue weighted by atomic mass is 10.1. The maximum absolute atomic E-state index is 6.08. The quantitative estimate of drug-likeness (QED) is 0.355. The Kier molecular flexibility index (Phi) is 7.32. The number of aromatic nitrogens is 2. The third kappa shape index (κ3) is 5.35. The van der Waals surface area contributed by atoms with Crippen molar-refractivity contribution in [2.75, 3.05) is 0 Å². The molecule has 0 N–H and O–H groups in total. The first-order valence-electron chi connectivity index (χ1n) is 10.4. The second kappa shape index (κ2) is 10.1. The van der Waals surface area contributed by atoms with Gasteiger partial charge in [-0.05, 0) is 37.1 Å². The smallest absolute Gasteiger partial charge is 0.147 e. The Morgan fingerprint density at radius 3 is 2.37 bits per heavy atom. The molecule has 3 rings (SSSR count). The summed E-state index contributed by atoms with van der Waals surface area (Å²) in [6, 6.07) is 16.6. The minimum Gasteiger partial charge on any atom is -0.485 e. The first-order chi connectivity index (χ1) is 13.3. The first-order valence-corrected chi connectivity index (χ1v) is 10.4. The topological polar surface area (TPSA) is 27.1 Å². The Bertz CT molecular complexity index is 837. The summed E-state index contributed by atoms with van der Waals surface area (Å²) in [7, 11) is 0. The Labute approximate surface area is 163 Å². The van der Waals surface area contributed by atoms with Crippen LogP contribution < -0.4 is 4.74 Å². The lowest BCUT2D eigenvalue weighted by molar-refractivity contribution is 0.287. The summed E-state index contributed by atoms with van der Waals surface area (Å²) in [6.07, 6.45) is 9.24. The molecule has 0 saturated heterocycles. The molecule has 3 nitrogen and oxygen atoms in total. The van der Waals surface area contributed by atoms with Crippen LogP contribution in [-0.4, -0.2) is 9.55 Å². The fourth-order valence-electron chi connectivity index (χ4n) is 3.57. The minimum atomic E-state index is 0.510. The van der Waals surface area contributed by atoms with Crippen molar-refractivity contribution >= 4 is 11.0 Å². The molecule has 0 aliphatic carbocycles. The van der Waals surface area contributed by atoms with E-state index >= 15 is 0 Å². The van der Waals surface area contributed by atoms with Gasteiger partial charge in [-0.15, -0.1) is 0 Å². The molecule has 0 aliphatic rings.